The molecule has 0 aliphatic rings. The summed E-state index contributed by atoms with van der Waals surface area (Å²) in [6.45, 7) is 7.89. The van der Waals surface area contributed by atoms with E-state index in [1.807, 2.05) is 27.7 Å². The average molecular weight is 200 g/mol. The summed E-state index contributed by atoms with van der Waals surface area (Å²) >= 11 is 0. The minimum Gasteiger partial charge on any atom is -0.504 e. The van der Waals surface area contributed by atoms with Crippen LogP contribution in [0.4, 0.5) is 0 Å². The second-order valence-electron chi connectivity index (χ2n) is 4.01. The van der Waals surface area contributed by atoms with Crippen molar-refractivity contribution in [3.05, 3.63) is 11.8 Å². The van der Waals surface area contributed by atoms with Crippen LogP contribution >= 0.6 is 0 Å². The van der Waals surface area contributed by atoms with Crippen molar-refractivity contribution in [3.8, 4) is 0 Å². The Hall–Kier alpha value is -0.990. The zero-order valence-electron chi connectivity index (χ0n) is 9.72. The highest BCUT2D eigenvalue weighted by molar-refractivity contribution is 5.75. The Morgan fingerprint density at radius 3 is 2.43 bits per heavy atom. The van der Waals surface area contributed by atoms with Gasteiger partial charge in [0.05, 0.1) is 18.8 Å². The van der Waals surface area contributed by atoms with E-state index in [1.165, 1.54) is 0 Å². The molecule has 0 aromatic carbocycles. The molecule has 0 aliphatic heterocycles. The molecule has 82 valence electrons. The standard InChI is InChI=1S/C11H20O3/c1-6-11(3,4)10(12)14-8-9(2)7-13-5/h7H,6,8H2,1-5H3/b9-7+. The van der Waals surface area contributed by atoms with Gasteiger partial charge in [-0.15, -0.1) is 0 Å². The fourth-order valence-electron chi connectivity index (χ4n) is 0.754. The van der Waals surface area contributed by atoms with E-state index in [9.17, 15) is 4.79 Å². The molecule has 3 nitrogen and oxygen atoms in total. The molecule has 0 spiro atoms. The predicted molar refractivity (Wildman–Crippen MR) is 55.8 cm³/mol. The van der Waals surface area contributed by atoms with Gasteiger partial charge in [0, 0.05) is 0 Å². The first-order valence-electron chi connectivity index (χ1n) is 4.79. The van der Waals surface area contributed by atoms with Crippen molar-refractivity contribution in [1.82, 2.24) is 0 Å². The predicted octanol–water partition coefficient (Wildman–Crippen LogP) is 2.52. The first kappa shape index (κ1) is 13.0. The number of esters is 1. The maximum Gasteiger partial charge on any atom is 0.311 e. The number of carbonyl (C=O) groups is 1. The van der Waals surface area contributed by atoms with Gasteiger partial charge in [0.25, 0.3) is 0 Å². The summed E-state index contributed by atoms with van der Waals surface area (Å²) in [6, 6.07) is 0. The van der Waals surface area contributed by atoms with Crippen LogP contribution in [0.25, 0.3) is 0 Å². The smallest absolute Gasteiger partial charge is 0.311 e. The van der Waals surface area contributed by atoms with Crippen molar-refractivity contribution in [2.75, 3.05) is 13.7 Å². The van der Waals surface area contributed by atoms with Crippen molar-refractivity contribution in [2.24, 2.45) is 5.41 Å². The minimum atomic E-state index is -0.395. The molecule has 0 fully saturated rings. The van der Waals surface area contributed by atoms with Crippen LogP contribution in [0, 0.1) is 5.41 Å². The van der Waals surface area contributed by atoms with Gasteiger partial charge in [0.2, 0.25) is 0 Å². The fraction of sp³-hybridized carbons (Fsp3) is 0.727. The lowest BCUT2D eigenvalue weighted by Crippen LogP contribution is -2.26. The molecule has 0 bridgehead atoms. The molecular formula is C11H20O3. The summed E-state index contributed by atoms with van der Waals surface area (Å²) in [6.07, 6.45) is 2.35. The normalized spacial score (nSPS) is 12.5. The zero-order chi connectivity index (χ0) is 11.2. The van der Waals surface area contributed by atoms with E-state index in [4.69, 9.17) is 9.47 Å². The monoisotopic (exact) mass is 200 g/mol. The molecular weight excluding hydrogens is 180 g/mol. The Bertz CT molecular complexity index is 217. The van der Waals surface area contributed by atoms with Crippen LogP contribution in [0.3, 0.4) is 0 Å². The second-order valence-corrected chi connectivity index (χ2v) is 4.01. The first-order valence-corrected chi connectivity index (χ1v) is 4.79. The Balaban J connectivity index is 4.03. The van der Waals surface area contributed by atoms with Gasteiger partial charge in [0.1, 0.15) is 6.61 Å². The number of methoxy groups -OCH3 is 1. The fourth-order valence-corrected chi connectivity index (χ4v) is 0.754. The molecule has 0 aliphatic carbocycles. The number of carbonyl (C=O) groups excluding carboxylic acids is 1. The van der Waals surface area contributed by atoms with E-state index in [1.54, 1.807) is 13.4 Å². The topological polar surface area (TPSA) is 35.5 Å². The van der Waals surface area contributed by atoms with E-state index in [-0.39, 0.29) is 5.97 Å². The summed E-state index contributed by atoms with van der Waals surface area (Å²) in [5.41, 5.74) is 0.501. The van der Waals surface area contributed by atoms with Gasteiger partial charge in [-0.25, -0.2) is 0 Å². The highest BCUT2D eigenvalue weighted by atomic mass is 16.5. The molecule has 0 rings (SSSR count). The lowest BCUT2D eigenvalue weighted by Gasteiger charge is -2.20. The lowest BCUT2D eigenvalue weighted by molar-refractivity contribution is -0.153. The van der Waals surface area contributed by atoms with Crippen LogP contribution in [-0.2, 0) is 14.3 Å². The van der Waals surface area contributed by atoms with Crippen LogP contribution < -0.4 is 0 Å². The Morgan fingerprint density at radius 1 is 1.43 bits per heavy atom. The molecule has 0 aromatic heterocycles. The van der Waals surface area contributed by atoms with Gasteiger partial charge in [-0.3, -0.25) is 4.79 Å². The summed E-state index contributed by atoms with van der Waals surface area (Å²) in [7, 11) is 1.57. The van der Waals surface area contributed by atoms with E-state index in [0.29, 0.717) is 6.61 Å². The van der Waals surface area contributed by atoms with E-state index in [0.717, 1.165) is 12.0 Å². The third-order valence-corrected chi connectivity index (χ3v) is 2.19. The quantitative estimate of drug-likeness (QED) is 0.505. The molecule has 0 atom stereocenters. The van der Waals surface area contributed by atoms with E-state index >= 15 is 0 Å². The van der Waals surface area contributed by atoms with Crippen molar-refractivity contribution < 1.29 is 14.3 Å². The van der Waals surface area contributed by atoms with Gasteiger partial charge in [0.15, 0.2) is 0 Å². The van der Waals surface area contributed by atoms with Gasteiger partial charge in [-0.05, 0) is 32.8 Å². The molecule has 0 unspecified atom stereocenters. The van der Waals surface area contributed by atoms with Crippen molar-refractivity contribution >= 4 is 5.97 Å². The Kier molecular flexibility index (Phi) is 5.28. The van der Waals surface area contributed by atoms with E-state index in [2.05, 4.69) is 0 Å². The minimum absolute atomic E-state index is 0.163. The highest BCUT2D eigenvalue weighted by Gasteiger charge is 2.26. The van der Waals surface area contributed by atoms with Gasteiger partial charge >= 0.3 is 5.97 Å². The number of hydrogen-bond donors (Lipinski definition) is 0. The molecule has 0 saturated heterocycles. The number of ether oxygens (including phenoxy) is 2. The number of rotatable bonds is 5. The molecule has 14 heavy (non-hydrogen) atoms. The molecule has 0 aromatic rings. The summed E-state index contributed by atoms with van der Waals surface area (Å²) in [4.78, 5) is 11.5. The second kappa shape index (κ2) is 5.68. The van der Waals surface area contributed by atoms with Crippen molar-refractivity contribution in [1.29, 1.82) is 0 Å². The molecule has 0 heterocycles. The zero-order valence-corrected chi connectivity index (χ0v) is 9.72. The van der Waals surface area contributed by atoms with Gasteiger partial charge in [-0.2, -0.15) is 0 Å². The SMILES string of the molecule is CCC(C)(C)C(=O)OC/C(C)=C/OC. The highest BCUT2D eigenvalue weighted by Crippen LogP contribution is 2.21. The Morgan fingerprint density at radius 2 is 2.00 bits per heavy atom. The largest absolute Gasteiger partial charge is 0.504 e. The van der Waals surface area contributed by atoms with Crippen LogP contribution in [0.5, 0.6) is 0 Å². The Labute approximate surface area is 86.1 Å². The number of hydrogen-bond acceptors (Lipinski definition) is 3. The summed E-state index contributed by atoms with van der Waals surface area (Å²) in [5, 5.41) is 0. The van der Waals surface area contributed by atoms with Crippen molar-refractivity contribution in [3.63, 3.8) is 0 Å². The summed E-state index contributed by atoms with van der Waals surface area (Å²) < 4.78 is 9.92. The van der Waals surface area contributed by atoms with E-state index < -0.39 is 5.41 Å². The van der Waals surface area contributed by atoms with Gasteiger partial charge in [-0.1, -0.05) is 6.92 Å². The third-order valence-electron chi connectivity index (χ3n) is 2.19. The maximum atomic E-state index is 11.5. The maximum absolute atomic E-state index is 11.5. The van der Waals surface area contributed by atoms with Crippen molar-refractivity contribution in [2.45, 2.75) is 34.1 Å². The lowest BCUT2D eigenvalue weighted by atomic mass is 9.91. The van der Waals surface area contributed by atoms with Crippen LogP contribution in [0.2, 0.25) is 0 Å². The average Bonchev–Trinajstić information content (AvgIpc) is 2.14. The molecule has 0 amide bonds. The molecule has 3 heteroatoms. The molecule has 0 N–H and O–H groups in total. The summed E-state index contributed by atoms with van der Waals surface area (Å²) in [5.74, 6) is -0.163. The van der Waals surface area contributed by atoms with Gasteiger partial charge < -0.3 is 9.47 Å². The van der Waals surface area contributed by atoms with Crippen LogP contribution in [0.15, 0.2) is 11.8 Å². The molecule has 0 radical (unpaired) electrons. The van der Waals surface area contributed by atoms with Crippen LogP contribution in [0.1, 0.15) is 34.1 Å². The molecule has 0 saturated carbocycles. The van der Waals surface area contributed by atoms with Crippen LogP contribution in [-0.4, -0.2) is 19.7 Å². The first-order chi connectivity index (χ1) is 6.44. The third kappa shape index (κ3) is 4.30.